The van der Waals surface area contributed by atoms with Gasteiger partial charge in [0, 0.05) is 15.9 Å². The largest absolute Gasteiger partial charge is 0.365 e. The molecule has 3 N–H and O–H groups in total. The third-order valence-electron chi connectivity index (χ3n) is 2.70. The highest BCUT2D eigenvalue weighted by molar-refractivity contribution is 9.10. The van der Waals surface area contributed by atoms with E-state index in [2.05, 4.69) is 26.2 Å². The molecule has 5 heteroatoms. The van der Waals surface area contributed by atoms with Crippen molar-refractivity contribution in [2.45, 2.75) is 13.8 Å². The number of aryl methyl sites for hydroxylation is 2. The van der Waals surface area contributed by atoms with Crippen LogP contribution in [0.2, 0.25) is 0 Å². The highest BCUT2D eigenvalue weighted by atomic mass is 79.9. The third-order valence-corrected chi connectivity index (χ3v) is 3.23. The van der Waals surface area contributed by atoms with Crippen molar-refractivity contribution in [3.8, 4) is 0 Å². The van der Waals surface area contributed by atoms with Gasteiger partial charge in [0.2, 0.25) is 0 Å². The van der Waals surface area contributed by atoms with Gasteiger partial charge in [-0.15, -0.1) is 0 Å². The molecule has 0 radical (unpaired) electrons. The summed E-state index contributed by atoms with van der Waals surface area (Å²) in [5.74, 6) is 0.0111. The molecule has 0 saturated heterocycles. The van der Waals surface area contributed by atoms with Gasteiger partial charge in [-0.05, 0) is 49.7 Å². The van der Waals surface area contributed by atoms with Gasteiger partial charge in [-0.2, -0.15) is 0 Å². The van der Waals surface area contributed by atoms with Crippen LogP contribution in [0.4, 0.5) is 11.5 Å². The molecule has 0 atom stereocenters. The molecule has 4 nitrogen and oxygen atoms in total. The first-order valence-electron chi connectivity index (χ1n) is 5.78. The summed E-state index contributed by atoms with van der Waals surface area (Å²) in [7, 11) is 0. The fourth-order valence-corrected chi connectivity index (χ4v) is 2.17. The number of aromatic nitrogens is 1. The van der Waals surface area contributed by atoms with Gasteiger partial charge in [0.25, 0.3) is 5.91 Å². The van der Waals surface area contributed by atoms with E-state index in [4.69, 9.17) is 5.73 Å². The minimum absolute atomic E-state index is 0.425. The second kappa shape index (κ2) is 5.40. The van der Waals surface area contributed by atoms with Gasteiger partial charge < -0.3 is 11.1 Å². The van der Waals surface area contributed by atoms with E-state index in [9.17, 15) is 4.79 Å². The zero-order valence-corrected chi connectivity index (χ0v) is 12.3. The molecule has 0 aliphatic carbocycles. The monoisotopic (exact) mass is 319 g/mol. The summed E-state index contributed by atoms with van der Waals surface area (Å²) in [6.07, 6.45) is 0. The molecule has 1 aromatic heterocycles. The molecule has 1 heterocycles. The minimum Gasteiger partial charge on any atom is -0.365 e. The van der Waals surface area contributed by atoms with E-state index in [0.717, 1.165) is 21.4 Å². The number of anilines is 2. The maximum atomic E-state index is 11.5. The number of carbonyl (C=O) groups excluding carboxylic acids is 1. The van der Waals surface area contributed by atoms with E-state index < -0.39 is 5.91 Å². The lowest BCUT2D eigenvalue weighted by molar-refractivity contribution is 0.100. The predicted molar refractivity (Wildman–Crippen MR) is 79.7 cm³/mol. The van der Waals surface area contributed by atoms with E-state index >= 15 is 0 Å². The van der Waals surface area contributed by atoms with Crippen LogP contribution in [0, 0.1) is 13.8 Å². The maximum Gasteiger partial charge on any atom is 0.252 e. The quantitative estimate of drug-likeness (QED) is 0.912. The highest BCUT2D eigenvalue weighted by Crippen LogP contribution is 2.23. The van der Waals surface area contributed by atoms with Crippen molar-refractivity contribution in [1.29, 1.82) is 0 Å². The van der Waals surface area contributed by atoms with Crippen LogP contribution >= 0.6 is 15.9 Å². The Balaban J connectivity index is 2.44. The Bertz CT molecular complexity index is 623. The van der Waals surface area contributed by atoms with Crippen molar-refractivity contribution in [2.24, 2.45) is 5.73 Å². The average molecular weight is 320 g/mol. The molecular formula is C14H14BrN3O. The van der Waals surface area contributed by atoms with Crippen molar-refractivity contribution in [3.63, 3.8) is 0 Å². The molecule has 2 rings (SSSR count). The summed E-state index contributed by atoms with van der Waals surface area (Å²) in [6, 6.07) is 9.46. The Morgan fingerprint density at radius 2 is 1.89 bits per heavy atom. The minimum atomic E-state index is -0.482. The smallest absolute Gasteiger partial charge is 0.252 e. The fraction of sp³-hybridized carbons (Fsp3) is 0.143. The summed E-state index contributed by atoms with van der Waals surface area (Å²) >= 11 is 3.37. The van der Waals surface area contributed by atoms with E-state index in [1.807, 2.05) is 44.2 Å². The molecule has 0 aliphatic rings. The predicted octanol–water partition coefficient (Wildman–Crippen LogP) is 3.30. The summed E-state index contributed by atoms with van der Waals surface area (Å²) in [5.41, 5.74) is 8.35. The second-order valence-electron chi connectivity index (χ2n) is 4.30. The lowest BCUT2D eigenvalue weighted by atomic mass is 10.1. The highest BCUT2D eigenvalue weighted by Gasteiger charge is 2.14. The zero-order valence-electron chi connectivity index (χ0n) is 10.7. The summed E-state index contributed by atoms with van der Waals surface area (Å²) in [4.78, 5) is 15.9. The van der Waals surface area contributed by atoms with E-state index in [1.165, 1.54) is 0 Å². The van der Waals surface area contributed by atoms with Crippen LogP contribution in [0.15, 0.2) is 34.8 Å². The molecule has 0 fully saturated rings. The van der Waals surface area contributed by atoms with Gasteiger partial charge in [0.15, 0.2) is 0 Å². The Hall–Kier alpha value is -1.88. The zero-order chi connectivity index (χ0) is 14.0. The molecule has 0 spiro atoms. The van der Waals surface area contributed by atoms with Gasteiger partial charge >= 0.3 is 0 Å². The topological polar surface area (TPSA) is 68.0 Å². The van der Waals surface area contributed by atoms with Crippen LogP contribution < -0.4 is 11.1 Å². The molecule has 0 unspecified atom stereocenters. The van der Waals surface area contributed by atoms with Crippen LogP contribution in [0.1, 0.15) is 21.6 Å². The first-order valence-corrected chi connectivity index (χ1v) is 6.57. The fourth-order valence-electron chi connectivity index (χ4n) is 1.91. The summed E-state index contributed by atoms with van der Waals surface area (Å²) < 4.78 is 0.988. The molecule has 0 saturated carbocycles. The number of hydrogen-bond donors (Lipinski definition) is 2. The molecule has 98 valence electrons. The van der Waals surface area contributed by atoms with Crippen LogP contribution in [0.25, 0.3) is 0 Å². The molecule has 19 heavy (non-hydrogen) atoms. The number of nitrogens with one attached hydrogen (secondary N) is 1. The van der Waals surface area contributed by atoms with Gasteiger partial charge in [-0.3, -0.25) is 4.79 Å². The van der Waals surface area contributed by atoms with Gasteiger partial charge in [-0.1, -0.05) is 15.9 Å². The summed E-state index contributed by atoms with van der Waals surface area (Å²) in [6.45, 7) is 3.73. The maximum absolute atomic E-state index is 11.5. The van der Waals surface area contributed by atoms with Gasteiger partial charge in [-0.25, -0.2) is 4.98 Å². The molecule has 0 aliphatic heterocycles. The van der Waals surface area contributed by atoms with E-state index in [1.54, 1.807) is 0 Å². The number of carbonyl (C=O) groups is 1. The molecule has 1 aromatic carbocycles. The van der Waals surface area contributed by atoms with Gasteiger partial charge in [0.1, 0.15) is 5.82 Å². The van der Waals surface area contributed by atoms with E-state index in [0.29, 0.717) is 11.4 Å². The number of pyridine rings is 1. The number of hydrogen-bond acceptors (Lipinski definition) is 3. The molecule has 2 aromatic rings. The summed E-state index contributed by atoms with van der Waals surface area (Å²) in [5, 5.41) is 3.13. The molecule has 1 amide bonds. The number of nitrogens with two attached hydrogens (primary N) is 1. The number of nitrogens with zero attached hydrogens (tertiary/aromatic N) is 1. The van der Waals surface area contributed by atoms with Crippen LogP contribution in [0.3, 0.4) is 0 Å². The lowest BCUT2D eigenvalue weighted by Crippen LogP contribution is -2.16. The van der Waals surface area contributed by atoms with Crippen molar-refractivity contribution in [3.05, 3.63) is 51.6 Å². The van der Waals surface area contributed by atoms with Gasteiger partial charge in [0.05, 0.1) is 5.56 Å². The van der Waals surface area contributed by atoms with Crippen molar-refractivity contribution in [1.82, 2.24) is 4.98 Å². The normalized spacial score (nSPS) is 10.3. The number of primary amides is 1. The third kappa shape index (κ3) is 3.12. The van der Waals surface area contributed by atoms with Crippen molar-refractivity contribution < 1.29 is 4.79 Å². The average Bonchev–Trinajstić information content (AvgIpc) is 2.30. The standard InChI is InChI=1S/C14H14BrN3O/c1-8-7-9(2)17-14(12(8)13(16)19)18-11-5-3-10(15)4-6-11/h3-7H,1-2H3,(H2,16,19)(H,17,18). The Morgan fingerprint density at radius 3 is 2.47 bits per heavy atom. The Kier molecular flexibility index (Phi) is 3.85. The van der Waals surface area contributed by atoms with Crippen molar-refractivity contribution in [2.75, 3.05) is 5.32 Å². The number of benzene rings is 1. The molecule has 0 bridgehead atoms. The number of amides is 1. The Labute approximate surface area is 120 Å². The first kappa shape index (κ1) is 13.5. The Morgan fingerprint density at radius 1 is 1.26 bits per heavy atom. The second-order valence-corrected chi connectivity index (χ2v) is 5.22. The van der Waals surface area contributed by atoms with Crippen LogP contribution in [-0.4, -0.2) is 10.9 Å². The molecular weight excluding hydrogens is 306 g/mol. The van der Waals surface area contributed by atoms with Crippen LogP contribution in [-0.2, 0) is 0 Å². The van der Waals surface area contributed by atoms with Crippen molar-refractivity contribution >= 4 is 33.3 Å². The number of rotatable bonds is 3. The first-order chi connectivity index (χ1) is 8.97. The number of halogens is 1. The van der Waals surface area contributed by atoms with E-state index in [-0.39, 0.29) is 0 Å². The lowest BCUT2D eigenvalue weighted by Gasteiger charge is -2.12. The SMILES string of the molecule is Cc1cc(C)c(C(N)=O)c(Nc2ccc(Br)cc2)n1. The van der Waals surface area contributed by atoms with Crippen LogP contribution in [0.5, 0.6) is 0 Å².